The molecule has 18 heavy (non-hydrogen) atoms. The van der Waals surface area contributed by atoms with E-state index in [4.69, 9.17) is 9.47 Å². The number of rotatable bonds is 3. The first-order chi connectivity index (χ1) is 8.09. The van der Waals surface area contributed by atoms with Crippen LogP contribution in [0, 0.1) is 0 Å². The zero-order chi connectivity index (χ0) is 12.4. The highest BCUT2D eigenvalue weighted by Crippen LogP contribution is 2.33. The van der Waals surface area contributed by atoms with Crippen LogP contribution in [0.3, 0.4) is 0 Å². The first-order valence-electron chi connectivity index (χ1n) is 5.83. The van der Waals surface area contributed by atoms with Crippen LogP contribution in [-0.4, -0.2) is 43.4 Å². The fraction of sp³-hybridized carbons (Fsp3) is 0.538. The topological polar surface area (TPSA) is 41.9 Å². The average Bonchev–Trinajstić information content (AvgIpc) is 2.36. The zero-order valence-corrected chi connectivity index (χ0v) is 11.6. The minimum atomic E-state index is -0.527. The lowest BCUT2D eigenvalue weighted by atomic mass is 10.0. The van der Waals surface area contributed by atoms with Crippen molar-refractivity contribution in [3.05, 3.63) is 23.8 Å². The quantitative estimate of drug-likeness (QED) is 0.723. The number of hydrogen-bond donors (Lipinski definition) is 1. The molecule has 0 amide bonds. The predicted molar refractivity (Wildman–Crippen MR) is 65.5 cm³/mol. The fourth-order valence-electron chi connectivity index (χ4n) is 1.80. The number of halogens is 1. The Labute approximate surface area is 114 Å². The van der Waals surface area contributed by atoms with Crippen LogP contribution in [0.4, 0.5) is 0 Å². The highest BCUT2D eigenvalue weighted by atomic mass is 35.5. The summed E-state index contributed by atoms with van der Waals surface area (Å²) in [4.78, 5) is 1.99. The van der Waals surface area contributed by atoms with Gasteiger partial charge in [-0.05, 0) is 38.7 Å². The van der Waals surface area contributed by atoms with E-state index in [1.807, 2.05) is 44.1 Å². The first kappa shape index (κ1) is 15.1. The van der Waals surface area contributed by atoms with Crippen LogP contribution in [0.2, 0.25) is 0 Å². The van der Waals surface area contributed by atoms with Crippen molar-refractivity contribution in [2.24, 2.45) is 0 Å². The lowest BCUT2D eigenvalue weighted by Crippen LogP contribution is -3.00. The molecule has 2 unspecified atom stereocenters. The van der Waals surface area contributed by atoms with Crippen molar-refractivity contribution in [3.8, 4) is 11.5 Å². The number of benzene rings is 1. The molecule has 0 aliphatic carbocycles. The normalized spacial score (nSPS) is 16.9. The van der Waals surface area contributed by atoms with E-state index in [9.17, 15) is 5.11 Å². The second kappa shape index (κ2) is 6.27. The molecule has 5 heteroatoms. The van der Waals surface area contributed by atoms with Gasteiger partial charge in [-0.15, -0.1) is 0 Å². The van der Waals surface area contributed by atoms with Crippen molar-refractivity contribution in [3.63, 3.8) is 0 Å². The minimum Gasteiger partial charge on any atom is -1.00 e. The van der Waals surface area contributed by atoms with Gasteiger partial charge in [-0.25, -0.2) is 0 Å². The highest BCUT2D eigenvalue weighted by molar-refractivity contribution is 5.44. The molecule has 0 spiro atoms. The molecule has 1 aromatic carbocycles. The second-order valence-corrected chi connectivity index (χ2v) is 4.55. The SMILES string of the molecule is CC(C(O)c1ccc2c(c1)OCCO2)N(C)C.[Cl-]. The molecular formula is C13H19ClNO3-. The molecule has 1 aromatic rings. The van der Waals surface area contributed by atoms with Gasteiger partial charge in [0.25, 0.3) is 0 Å². The van der Waals surface area contributed by atoms with E-state index in [2.05, 4.69) is 0 Å². The van der Waals surface area contributed by atoms with Crippen molar-refractivity contribution >= 4 is 0 Å². The largest absolute Gasteiger partial charge is 1.00 e. The third-order valence-corrected chi connectivity index (χ3v) is 3.18. The van der Waals surface area contributed by atoms with Crippen LogP contribution in [-0.2, 0) is 0 Å². The summed E-state index contributed by atoms with van der Waals surface area (Å²) in [5.41, 5.74) is 0.857. The minimum absolute atomic E-state index is 0. The van der Waals surface area contributed by atoms with Crippen LogP contribution in [0.25, 0.3) is 0 Å². The summed E-state index contributed by atoms with van der Waals surface area (Å²) in [7, 11) is 3.90. The van der Waals surface area contributed by atoms with Crippen molar-refractivity contribution in [1.29, 1.82) is 0 Å². The molecule has 1 N–H and O–H groups in total. The number of ether oxygens (including phenoxy) is 2. The summed E-state index contributed by atoms with van der Waals surface area (Å²) in [5, 5.41) is 10.2. The van der Waals surface area contributed by atoms with Crippen molar-refractivity contribution in [1.82, 2.24) is 4.90 Å². The molecule has 4 nitrogen and oxygen atoms in total. The maximum absolute atomic E-state index is 10.2. The number of likely N-dealkylation sites (N-methyl/N-ethyl adjacent to an activating group) is 1. The lowest BCUT2D eigenvalue weighted by Gasteiger charge is -2.26. The van der Waals surface area contributed by atoms with Gasteiger partial charge in [0.2, 0.25) is 0 Å². The first-order valence-corrected chi connectivity index (χ1v) is 5.83. The molecule has 1 aliphatic rings. The highest BCUT2D eigenvalue weighted by Gasteiger charge is 2.20. The molecule has 2 atom stereocenters. The van der Waals surface area contributed by atoms with E-state index in [0.29, 0.717) is 13.2 Å². The van der Waals surface area contributed by atoms with Gasteiger partial charge in [-0.2, -0.15) is 0 Å². The van der Waals surface area contributed by atoms with Gasteiger partial charge in [0.05, 0.1) is 6.10 Å². The lowest BCUT2D eigenvalue weighted by molar-refractivity contribution is -0.00000623. The molecule has 1 heterocycles. The molecule has 0 saturated heterocycles. The van der Waals surface area contributed by atoms with Crippen molar-refractivity contribution < 1.29 is 27.0 Å². The van der Waals surface area contributed by atoms with Crippen LogP contribution in [0.1, 0.15) is 18.6 Å². The molecule has 1 aliphatic heterocycles. The molecule has 102 valence electrons. The smallest absolute Gasteiger partial charge is 0.161 e. The summed E-state index contributed by atoms with van der Waals surface area (Å²) < 4.78 is 11.0. The number of nitrogens with zero attached hydrogens (tertiary/aromatic N) is 1. The summed E-state index contributed by atoms with van der Waals surface area (Å²) in [5.74, 6) is 1.48. The van der Waals surface area contributed by atoms with E-state index in [-0.39, 0.29) is 18.4 Å². The third-order valence-electron chi connectivity index (χ3n) is 3.18. The standard InChI is InChI=1S/C13H19NO3.ClH/c1-9(14(2)3)13(15)10-4-5-11-12(8-10)17-7-6-16-11;/h4-5,8-9,13,15H,6-7H2,1-3H3;1H/p-1. The average molecular weight is 273 g/mol. The second-order valence-electron chi connectivity index (χ2n) is 4.55. The predicted octanol–water partition coefficient (Wildman–Crippen LogP) is -1.55. The number of aliphatic hydroxyl groups excluding tert-OH is 1. The summed E-state index contributed by atoms with van der Waals surface area (Å²) in [6.07, 6.45) is -0.527. The molecule has 0 aromatic heterocycles. The Morgan fingerprint density at radius 3 is 2.39 bits per heavy atom. The Morgan fingerprint density at radius 1 is 1.17 bits per heavy atom. The number of hydrogen-bond acceptors (Lipinski definition) is 4. The summed E-state index contributed by atoms with van der Waals surface area (Å²) in [6, 6.07) is 5.66. The van der Waals surface area contributed by atoms with Gasteiger partial charge in [0, 0.05) is 6.04 Å². The maximum Gasteiger partial charge on any atom is 0.161 e. The van der Waals surface area contributed by atoms with E-state index in [0.717, 1.165) is 17.1 Å². The van der Waals surface area contributed by atoms with E-state index in [1.165, 1.54) is 0 Å². The van der Waals surface area contributed by atoms with E-state index < -0.39 is 6.10 Å². The van der Waals surface area contributed by atoms with Gasteiger partial charge in [-0.3, -0.25) is 0 Å². The van der Waals surface area contributed by atoms with Crippen LogP contribution >= 0.6 is 0 Å². The molecule has 0 radical (unpaired) electrons. The number of aliphatic hydroxyl groups is 1. The Hall–Kier alpha value is -0.970. The van der Waals surface area contributed by atoms with Crippen LogP contribution in [0.15, 0.2) is 18.2 Å². The van der Waals surface area contributed by atoms with Crippen LogP contribution in [0.5, 0.6) is 11.5 Å². The fourth-order valence-corrected chi connectivity index (χ4v) is 1.80. The maximum atomic E-state index is 10.2. The molecule has 0 fully saturated rings. The summed E-state index contributed by atoms with van der Waals surface area (Å²) >= 11 is 0. The van der Waals surface area contributed by atoms with Gasteiger partial charge in [0.15, 0.2) is 11.5 Å². The molecule has 2 rings (SSSR count). The molecule has 0 bridgehead atoms. The Morgan fingerprint density at radius 2 is 1.78 bits per heavy atom. The van der Waals surface area contributed by atoms with Crippen LogP contribution < -0.4 is 21.9 Å². The Balaban J connectivity index is 0.00000162. The van der Waals surface area contributed by atoms with Gasteiger partial charge in [-0.1, -0.05) is 6.07 Å². The van der Waals surface area contributed by atoms with Gasteiger partial charge >= 0.3 is 0 Å². The van der Waals surface area contributed by atoms with Crippen molar-refractivity contribution in [2.75, 3.05) is 27.3 Å². The van der Waals surface area contributed by atoms with E-state index in [1.54, 1.807) is 0 Å². The zero-order valence-electron chi connectivity index (χ0n) is 10.9. The molecule has 0 saturated carbocycles. The van der Waals surface area contributed by atoms with Crippen molar-refractivity contribution in [2.45, 2.75) is 19.1 Å². The summed E-state index contributed by atoms with van der Waals surface area (Å²) in [6.45, 7) is 3.14. The Kier molecular flexibility index (Phi) is 5.26. The molecular weight excluding hydrogens is 254 g/mol. The van der Waals surface area contributed by atoms with Gasteiger partial charge in [0.1, 0.15) is 13.2 Å². The Bertz CT molecular complexity index is 398. The monoisotopic (exact) mass is 272 g/mol. The number of fused-ring (bicyclic) bond motifs is 1. The third kappa shape index (κ3) is 3.07. The van der Waals surface area contributed by atoms with Gasteiger partial charge < -0.3 is 31.9 Å². The van der Waals surface area contributed by atoms with E-state index >= 15 is 0 Å².